The van der Waals surface area contributed by atoms with Crippen molar-refractivity contribution in [2.24, 2.45) is 0 Å². The summed E-state index contributed by atoms with van der Waals surface area (Å²) in [7, 11) is 4.45. The summed E-state index contributed by atoms with van der Waals surface area (Å²) in [5.74, 6) is -1.28. The Morgan fingerprint density at radius 1 is 1.28 bits per heavy atom. The number of carbonyl (C=O) groups excluding carboxylic acids is 1. The lowest BCUT2D eigenvalue weighted by Gasteiger charge is -2.17. The molecule has 6 heteroatoms. The molecule has 1 rings (SSSR count). The summed E-state index contributed by atoms with van der Waals surface area (Å²) >= 11 is 0. The van der Waals surface area contributed by atoms with Crippen LogP contribution in [0.5, 0.6) is 11.5 Å². The fraction of sp³-hybridized carbons (Fsp3) is 0.333. The molecule has 1 amide bonds. The Balaban J connectivity index is 2.90. The van der Waals surface area contributed by atoms with Crippen LogP contribution in [-0.2, 0) is 16.1 Å². The third-order valence-electron chi connectivity index (χ3n) is 2.43. The van der Waals surface area contributed by atoms with Crippen LogP contribution in [0.1, 0.15) is 5.56 Å². The van der Waals surface area contributed by atoms with E-state index in [0.29, 0.717) is 17.1 Å². The number of carboxylic acid groups (broad SMARTS) is 1. The summed E-state index contributed by atoms with van der Waals surface area (Å²) in [5, 5.41) is 8.60. The molecule has 6 nitrogen and oxygen atoms in total. The SMILES string of the molecule is COc1ccc(CN(C)C(=O)C(=O)O)c(OC)c1. The number of hydrogen-bond donors (Lipinski definition) is 1. The van der Waals surface area contributed by atoms with Gasteiger partial charge >= 0.3 is 11.9 Å². The number of amides is 1. The first-order valence-corrected chi connectivity index (χ1v) is 5.19. The molecule has 1 N–H and O–H groups in total. The minimum atomic E-state index is -1.48. The highest BCUT2D eigenvalue weighted by Gasteiger charge is 2.18. The Kier molecular flexibility index (Phi) is 4.53. The first-order chi connectivity index (χ1) is 8.49. The first kappa shape index (κ1) is 13.8. The highest BCUT2D eigenvalue weighted by molar-refractivity contribution is 6.31. The highest BCUT2D eigenvalue weighted by atomic mass is 16.5. The molecule has 1 aromatic rings. The molecule has 0 aliphatic heterocycles. The Labute approximate surface area is 105 Å². The zero-order chi connectivity index (χ0) is 13.7. The van der Waals surface area contributed by atoms with Gasteiger partial charge < -0.3 is 19.5 Å². The van der Waals surface area contributed by atoms with Crippen LogP contribution in [0.3, 0.4) is 0 Å². The summed E-state index contributed by atoms with van der Waals surface area (Å²) in [5.41, 5.74) is 0.704. The van der Waals surface area contributed by atoms with E-state index in [-0.39, 0.29) is 6.54 Å². The number of nitrogens with zero attached hydrogens (tertiary/aromatic N) is 1. The molecule has 98 valence electrons. The summed E-state index contributed by atoms with van der Waals surface area (Å²) in [4.78, 5) is 22.9. The second kappa shape index (κ2) is 5.90. The Morgan fingerprint density at radius 2 is 1.94 bits per heavy atom. The molecule has 0 spiro atoms. The molecule has 0 saturated carbocycles. The Bertz CT molecular complexity index is 458. The van der Waals surface area contributed by atoms with E-state index in [1.807, 2.05) is 0 Å². The molecule has 0 bridgehead atoms. The van der Waals surface area contributed by atoms with Crippen molar-refractivity contribution < 1.29 is 24.2 Å². The summed E-state index contributed by atoms with van der Waals surface area (Å²) in [6.45, 7) is 0.151. The smallest absolute Gasteiger partial charge is 0.394 e. The number of methoxy groups -OCH3 is 2. The Morgan fingerprint density at radius 3 is 2.44 bits per heavy atom. The predicted octanol–water partition coefficient (Wildman–Crippen LogP) is 0.747. The van der Waals surface area contributed by atoms with E-state index in [1.165, 1.54) is 21.3 Å². The van der Waals surface area contributed by atoms with Crippen LogP contribution < -0.4 is 9.47 Å². The van der Waals surface area contributed by atoms with Gasteiger partial charge in [0.2, 0.25) is 0 Å². The second-order valence-electron chi connectivity index (χ2n) is 3.64. The van der Waals surface area contributed by atoms with Crippen molar-refractivity contribution in [2.45, 2.75) is 6.54 Å². The van der Waals surface area contributed by atoms with E-state index < -0.39 is 11.9 Å². The molecule has 0 radical (unpaired) electrons. The topological polar surface area (TPSA) is 76.1 Å². The molecule has 0 heterocycles. The van der Waals surface area contributed by atoms with Gasteiger partial charge in [0.15, 0.2) is 0 Å². The van der Waals surface area contributed by atoms with Gasteiger partial charge in [0.1, 0.15) is 11.5 Å². The highest BCUT2D eigenvalue weighted by Crippen LogP contribution is 2.25. The van der Waals surface area contributed by atoms with Crippen LogP contribution in [0.4, 0.5) is 0 Å². The monoisotopic (exact) mass is 253 g/mol. The van der Waals surface area contributed by atoms with E-state index >= 15 is 0 Å². The van der Waals surface area contributed by atoms with Crippen molar-refractivity contribution in [1.82, 2.24) is 4.90 Å². The predicted molar refractivity (Wildman–Crippen MR) is 63.7 cm³/mol. The van der Waals surface area contributed by atoms with Crippen LogP contribution in [0.2, 0.25) is 0 Å². The average molecular weight is 253 g/mol. The maximum atomic E-state index is 11.2. The van der Waals surface area contributed by atoms with Gasteiger partial charge in [0, 0.05) is 25.2 Å². The number of carboxylic acids is 1. The lowest BCUT2D eigenvalue weighted by molar-refractivity contribution is -0.155. The van der Waals surface area contributed by atoms with E-state index in [4.69, 9.17) is 14.6 Å². The molecule has 0 aromatic heterocycles. The molecule has 0 fully saturated rings. The van der Waals surface area contributed by atoms with Gasteiger partial charge in [0.05, 0.1) is 14.2 Å². The number of hydrogen-bond acceptors (Lipinski definition) is 4. The molecule has 0 atom stereocenters. The zero-order valence-electron chi connectivity index (χ0n) is 10.5. The van der Waals surface area contributed by atoms with Crippen LogP contribution in [-0.4, -0.2) is 43.2 Å². The largest absolute Gasteiger partial charge is 0.497 e. The zero-order valence-corrected chi connectivity index (χ0v) is 10.5. The van der Waals surface area contributed by atoms with Crippen LogP contribution in [0.15, 0.2) is 18.2 Å². The van der Waals surface area contributed by atoms with Crippen molar-refractivity contribution in [2.75, 3.05) is 21.3 Å². The van der Waals surface area contributed by atoms with Gasteiger partial charge in [-0.15, -0.1) is 0 Å². The van der Waals surface area contributed by atoms with Crippen molar-refractivity contribution in [3.63, 3.8) is 0 Å². The fourth-order valence-corrected chi connectivity index (χ4v) is 1.47. The minimum absolute atomic E-state index is 0.151. The van der Waals surface area contributed by atoms with Crippen molar-refractivity contribution >= 4 is 11.9 Å². The molecule has 0 aliphatic carbocycles. The van der Waals surface area contributed by atoms with E-state index in [9.17, 15) is 9.59 Å². The number of ether oxygens (including phenoxy) is 2. The molecule has 0 aliphatic rings. The quantitative estimate of drug-likeness (QED) is 0.801. The first-order valence-electron chi connectivity index (χ1n) is 5.19. The number of rotatable bonds is 4. The minimum Gasteiger partial charge on any atom is -0.497 e. The number of likely N-dealkylation sites (N-methyl/N-ethyl adjacent to an activating group) is 1. The van der Waals surface area contributed by atoms with Gasteiger partial charge in [-0.1, -0.05) is 0 Å². The summed E-state index contributed by atoms with van der Waals surface area (Å²) in [6, 6.07) is 5.12. The molecule has 18 heavy (non-hydrogen) atoms. The maximum Gasteiger partial charge on any atom is 0.394 e. The fourth-order valence-electron chi connectivity index (χ4n) is 1.47. The average Bonchev–Trinajstić information content (AvgIpc) is 2.37. The van der Waals surface area contributed by atoms with Crippen LogP contribution in [0.25, 0.3) is 0 Å². The standard InChI is InChI=1S/C12H15NO5/c1-13(11(14)12(15)16)7-8-4-5-9(17-2)6-10(8)18-3/h4-6H,7H2,1-3H3,(H,15,16). The lowest BCUT2D eigenvalue weighted by atomic mass is 10.2. The van der Waals surface area contributed by atoms with Gasteiger partial charge in [-0.3, -0.25) is 4.79 Å². The van der Waals surface area contributed by atoms with Gasteiger partial charge in [-0.25, -0.2) is 4.79 Å². The number of carbonyl (C=O) groups is 2. The maximum absolute atomic E-state index is 11.2. The van der Waals surface area contributed by atoms with Crippen LogP contribution >= 0.6 is 0 Å². The summed E-state index contributed by atoms with van der Waals surface area (Å²) < 4.78 is 10.2. The number of aliphatic carboxylic acids is 1. The Hall–Kier alpha value is -2.24. The molecular weight excluding hydrogens is 238 g/mol. The van der Waals surface area contributed by atoms with Gasteiger partial charge in [0.25, 0.3) is 0 Å². The number of benzene rings is 1. The van der Waals surface area contributed by atoms with Crippen molar-refractivity contribution in [3.05, 3.63) is 23.8 Å². The molecular formula is C12H15NO5. The van der Waals surface area contributed by atoms with E-state index in [1.54, 1.807) is 18.2 Å². The van der Waals surface area contributed by atoms with E-state index in [2.05, 4.69) is 0 Å². The van der Waals surface area contributed by atoms with Crippen molar-refractivity contribution in [1.29, 1.82) is 0 Å². The summed E-state index contributed by atoms with van der Waals surface area (Å²) in [6.07, 6.45) is 0. The third kappa shape index (κ3) is 3.13. The lowest BCUT2D eigenvalue weighted by Crippen LogP contribution is -2.32. The normalized spacial score (nSPS) is 9.72. The molecule has 1 aromatic carbocycles. The van der Waals surface area contributed by atoms with Crippen molar-refractivity contribution in [3.8, 4) is 11.5 Å². The molecule has 0 saturated heterocycles. The molecule has 0 unspecified atom stereocenters. The van der Waals surface area contributed by atoms with Gasteiger partial charge in [-0.05, 0) is 12.1 Å². The second-order valence-corrected chi connectivity index (χ2v) is 3.64. The third-order valence-corrected chi connectivity index (χ3v) is 2.43. The van der Waals surface area contributed by atoms with E-state index in [0.717, 1.165) is 4.90 Å². The van der Waals surface area contributed by atoms with Crippen LogP contribution in [0, 0.1) is 0 Å². The van der Waals surface area contributed by atoms with Gasteiger partial charge in [-0.2, -0.15) is 0 Å².